The van der Waals surface area contributed by atoms with E-state index in [0.717, 1.165) is 28.8 Å². The number of benzene rings is 1. The zero-order valence-electron chi connectivity index (χ0n) is 12.0. The molecule has 5 nitrogen and oxygen atoms in total. The van der Waals surface area contributed by atoms with Gasteiger partial charge in [-0.25, -0.2) is 0 Å². The fourth-order valence-electron chi connectivity index (χ4n) is 2.56. The molecule has 0 spiro atoms. The van der Waals surface area contributed by atoms with Crippen molar-refractivity contribution in [2.75, 3.05) is 5.73 Å². The molecule has 1 aromatic carbocycles. The highest BCUT2D eigenvalue weighted by atomic mass is 32.2. The molecule has 0 saturated heterocycles. The van der Waals surface area contributed by atoms with Gasteiger partial charge in [-0.3, -0.25) is 4.79 Å². The van der Waals surface area contributed by atoms with Crippen molar-refractivity contribution in [2.45, 2.75) is 49.2 Å². The van der Waals surface area contributed by atoms with Gasteiger partial charge in [-0.05, 0) is 49.7 Å². The lowest BCUT2D eigenvalue weighted by atomic mass is 10.1. The van der Waals surface area contributed by atoms with Gasteiger partial charge >= 0.3 is 0 Å². The van der Waals surface area contributed by atoms with E-state index in [9.17, 15) is 4.79 Å². The van der Waals surface area contributed by atoms with Crippen LogP contribution in [0.5, 0.6) is 0 Å². The number of ketones is 1. The van der Waals surface area contributed by atoms with E-state index in [1.54, 1.807) is 17.8 Å². The van der Waals surface area contributed by atoms with Crippen LogP contribution in [0.1, 0.15) is 42.4 Å². The molecule has 2 aromatic rings. The summed E-state index contributed by atoms with van der Waals surface area (Å²) in [6, 6.07) is 5.52. The fourth-order valence-corrected chi connectivity index (χ4v) is 3.49. The maximum Gasteiger partial charge on any atom is 0.196 e. The van der Waals surface area contributed by atoms with Gasteiger partial charge in [-0.2, -0.15) is 0 Å². The number of aryl methyl sites for hydroxylation is 1. The molecule has 0 fully saturated rings. The first-order chi connectivity index (χ1) is 10.1. The first-order valence-corrected chi connectivity index (χ1v) is 7.97. The van der Waals surface area contributed by atoms with Gasteiger partial charge in [0.25, 0.3) is 0 Å². The van der Waals surface area contributed by atoms with Crippen LogP contribution in [-0.4, -0.2) is 20.5 Å². The molecule has 0 saturated carbocycles. The van der Waals surface area contributed by atoms with Gasteiger partial charge in [-0.15, -0.1) is 10.2 Å². The molecule has 0 bridgehead atoms. The Morgan fingerprint density at radius 3 is 2.90 bits per heavy atom. The molecule has 0 aliphatic carbocycles. The third-order valence-electron chi connectivity index (χ3n) is 3.69. The molecule has 1 aromatic heterocycles. The molecule has 110 valence electrons. The number of rotatable bonds is 3. The van der Waals surface area contributed by atoms with Crippen LogP contribution < -0.4 is 5.73 Å². The van der Waals surface area contributed by atoms with Crippen molar-refractivity contribution in [3.8, 4) is 0 Å². The second-order valence-electron chi connectivity index (χ2n) is 5.27. The highest BCUT2D eigenvalue weighted by Crippen LogP contribution is 2.30. The van der Waals surface area contributed by atoms with E-state index in [1.807, 2.05) is 12.1 Å². The summed E-state index contributed by atoms with van der Waals surface area (Å²) in [5, 5.41) is 9.48. The number of fused-ring (bicyclic) bond motifs is 1. The molecule has 2 N–H and O–H groups in total. The summed E-state index contributed by atoms with van der Waals surface area (Å²) in [5.41, 5.74) is 7.02. The fraction of sp³-hybridized carbons (Fsp3) is 0.400. The van der Waals surface area contributed by atoms with Gasteiger partial charge in [0.2, 0.25) is 0 Å². The number of nitrogens with two attached hydrogens (primary N) is 1. The van der Waals surface area contributed by atoms with Crippen LogP contribution in [-0.2, 0) is 13.0 Å². The van der Waals surface area contributed by atoms with E-state index < -0.39 is 0 Å². The van der Waals surface area contributed by atoms with Gasteiger partial charge in [0, 0.05) is 29.1 Å². The summed E-state index contributed by atoms with van der Waals surface area (Å²) in [4.78, 5) is 12.4. The van der Waals surface area contributed by atoms with Crippen molar-refractivity contribution in [3.05, 3.63) is 29.6 Å². The number of aromatic nitrogens is 3. The topological polar surface area (TPSA) is 73.8 Å². The van der Waals surface area contributed by atoms with E-state index >= 15 is 0 Å². The van der Waals surface area contributed by atoms with Crippen LogP contribution in [0.2, 0.25) is 0 Å². The zero-order valence-corrected chi connectivity index (χ0v) is 12.8. The summed E-state index contributed by atoms with van der Waals surface area (Å²) < 4.78 is 2.20. The van der Waals surface area contributed by atoms with Crippen molar-refractivity contribution in [2.24, 2.45) is 0 Å². The second kappa shape index (κ2) is 5.89. The summed E-state index contributed by atoms with van der Waals surface area (Å²) >= 11 is 1.55. The normalized spacial score (nSPS) is 14.5. The minimum atomic E-state index is -0.0135. The second-order valence-corrected chi connectivity index (χ2v) is 6.31. The maximum absolute atomic E-state index is 11.4. The molecule has 1 aliphatic heterocycles. The lowest BCUT2D eigenvalue weighted by Crippen LogP contribution is -2.02. The molecule has 0 radical (unpaired) electrons. The number of anilines is 1. The van der Waals surface area contributed by atoms with Gasteiger partial charge in [0.05, 0.1) is 0 Å². The van der Waals surface area contributed by atoms with E-state index in [2.05, 4.69) is 14.8 Å². The van der Waals surface area contributed by atoms with Gasteiger partial charge < -0.3 is 10.3 Å². The molecule has 1 aliphatic rings. The summed E-state index contributed by atoms with van der Waals surface area (Å²) in [7, 11) is 0. The number of carbonyl (C=O) groups is 1. The largest absolute Gasteiger partial charge is 0.398 e. The number of carbonyl (C=O) groups excluding carboxylic acids is 1. The Bertz CT molecular complexity index is 680. The summed E-state index contributed by atoms with van der Waals surface area (Å²) in [6.45, 7) is 2.50. The van der Waals surface area contributed by atoms with Gasteiger partial charge in [0.15, 0.2) is 10.9 Å². The van der Waals surface area contributed by atoms with Crippen LogP contribution in [0.25, 0.3) is 0 Å². The van der Waals surface area contributed by atoms with Crippen molar-refractivity contribution in [1.29, 1.82) is 0 Å². The SMILES string of the molecule is CC(=O)c1ccc(Sc2nnc3n2CCCCC3)cc1N. The summed E-state index contributed by atoms with van der Waals surface area (Å²) in [6.07, 6.45) is 4.60. The van der Waals surface area contributed by atoms with Crippen molar-refractivity contribution in [1.82, 2.24) is 14.8 Å². The Morgan fingerprint density at radius 1 is 1.29 bits per heavy atom. The first kappa shape index (κ1) is 14.1. The maximum atomic E-state index is 11.4. The monoisotopic (exact) mass is 302 g/mol. The van der Waals surface area contributed by atoms with Crippen LogP contribution >= 0.6 is 11.8 Å². The Morgan fingerprint density at radius 2 is 2.14 bits per heavy atom. The standard InChI is InChI=1S/C15H18N4OS/c1-10(20)12-7-6-11(9-13(12)16)21-15-18-17-14-5-3-2-4-8-19(14)15/h6-7,9H,2-5,8,16H2,1H3. The van der Waals surface area contributed by atoms with Crippen molar-refractivity contribution in [3.63, 3.8) is 0 Å². The molecule has 21 heavy (non-hydrogen) atoms. The minimum Gasteiger partial charge on any atom is -0.398 e. The van der Waals surface area contributed by atoms with Crippen LogP contribution in [0.15, 0.2) is 28.3 Å². The highest BCUT2D eigenvalue weighted by Gasteiger charge is 2.16. The number of Topliss-reactive ketones (excluding diaryl/α,β-unsaturated/α-hetero) is 1. The molecular weight excluding hydrogens is 284 g/mol. The zero-order chi connectivity index (χ0) is 14.8. The smallest absolute Gasteiger partial charge is 0.196 e. The third kappa shape index (κ3) is 2.95. The Hall–Kier alpha value is -1.82. The molecular formula is C15H18N4OS. The van der Waals surface area contributed by atoms with Gasteiger partial charge in [0.1, 0.15) is 5.82 Å². The van der Waals surface area contributed by atoms with E-state index in [-0.39, 0.29) is 5.78 Å². The Kier molecular flexibility index (Phi) is 3.96. The highest BCUT2D eigenvalue weighted by molar-refractivity contribution is 7.99. The van der Waals surface area contributed by atoms with Crippen LogP contribution in [0.3, 0.4) is 0 Å². The first-order valence-electron chi connectivity index (χ1n) is 7.15. The van der Waals surface area contributed by atoms with E-state index in [4.69, 9.17) is 5.73 Å². The van der Waals surface area contributed by atoms with Crippen molar-refractivity contribution < 1.29 is 4.79 Å². The molecule has 2 heterocycles. The lowest BCUT2D eigenvalue weighted by molar-refractivity contribution is 0.101. The number of nitrogen functional groups attached to an aromatic ring is 1. The number of hydrogen-bond donors (Lipinski definition) is 1. The summed E-state index contributed by atoms with van der Waals surface area (Å²) in [5.74, 6) is 1.06. The Balaban J connectivity index is 1.86. The Labute approximate surface area is 127 Å². The van der Waals surface area contributed by atoms with E-state index in [1.165, 1.54) is 26.2 Å². The molecule has 0 atom stereocenters. The molecule has 3 rings (SSSR count). The molecule has 0 unspecified atom stereocenters. The third-order valence-corrected chi connectivity index (χ3v) is 4.66. The number of hydrogen-bond acceptors (Lipinski definition) is 5. The van der Waals surface area contributed by atoms with Crippen molar-refractivity contribution >= 4 is 23.2 Å². The minimum absolute atomic E-state index is 0.0135. The quantitative estimate of drug-likeness (QED) is 0.697. The van der Waals surface area contributed by atoms with E-state index in [0.29, 0.717) is 11.3 Å². The molecule has 0 amide bonds. The molecule has 6 heteroatoms. The van der Waals surface area contributed by atoms with Gasteiger partial charge in [-0.1, -0.05) is 6.42 Å². The average Bonchev–Trinajstić information content (AvgIpc) is 2.68. The van der Waals surface area contributed by atoms with Crippen LogP contribution in [0, 0.1) is 0 Å². The predicted molar refractivity (Wildman–Crippen MR) is 82.6 cm³/mol. The average molecular weight is 302 g/mol. The number of nitrogens with zero attached hydrogens (tertiary/aromatic N) is 3. The predicted octanol–water partition coefficient (Wildman–Crippen LogP) is 2.94. The van der Waals surface area contributed by atoms with Crippen LogP contribution in [0.4, 0.5) is 5.69 Å². The lowest BCUT2D eigenvalue weighted by Gasteiger charge is -2.08.